The van der Waals surface area contributed by atoms with Crippen LogP contribution in [0.1, 0.15) is 19.8 Å². The number of carbonyl (C=O) groups is 2. The van der Waals surface area contributed by atoms with Gasteiger partial charge in [-0.1, -0.05) is 0 Å². The predicted octanol–water partition coefficient (Wildman–Crippen LogP) is 1.77. The smallest absolute Gasteiger partial charge is 0.331 e. The predicted molar refractivity (Wildman–Crippen MR) is 49.0 cm³/mol. The van der Waals surface area contributed by atoms with Crippen LogP contribution in [0.25, 0.3) is 0 Å². The van der Waals surface area contributed by atoms with E-state index in [2.05, 4.69) is 4.74 Å². The van der Waals surface area contributed by atoms with Gasteiger partial charge in [-0.05, 0) is 6.92 Å². The monoisotopic (exact) mass is 240 g/mol. The molecule has 0 aromatic rings. The molecule has 1 aliphatic carbocycles. The van der Waals surface area contributed by atoms with Gasteiger partial charge in [0.25, 0.3) is 0 Å². The van der Waals surface area contributed by atoms with E-state index in [9.17, 15) is 18.4 Å². The SMILES string of the molecule is CCOC(=O)C(Cl)C(=O)C1CC(F)(F)C1. The van der Waals surface area contributed by atoms with E-state index in [1.54, 1.807) is 6.92 Å². The van der Waals surface area contributed by atoms with E-state index in [0.717, 1.165) is 0 Å². The van der Waals surface area contributed by atoms with Gasteiger partial charge >= 0.3 is 5.97 Å². The van der Waals surface area contributed by atoms with Crippen molar-refractivity contribution in [3.8, 4) is 0 Å². The zero-order valence-electron chi connectivity index (χ0n) is 8.13. The van der Waals surface area contributed by atoms with Crippen molar-refractivity contribution in [2.24, 2.45) is 5.92 Å². The second kappa shape index (κ2) is 4.43. The van der Waals surface area contributed by atoms with Gasteiger partial charge in [-0.15, -0.1) is 11.6 Å². The fourth-order valence-corrected chi connectivity index (χ4v) is 1.64. The molecule has 1 unspecified atom stereocenters. The maximum absolute atomic E-state index is 12.4. The van der Waals surface area contributed by atoms with E-state index in [1.807, 2.05) is 0 Å². The molecule has 3 nitrogen and oxygen atoms in total. The van der Waals surface area contributed by atoms with Crippen LogP contribution in [0.5, 0.6) is 0 Å². The first kappa shape index (κ1) is 12.4. The average molecular weight is 241 g/mol. The van der Waals surface area contributed by atoms with Crippen LogP contribution in [0.15, 0.2) is 0 Å². The summed E-state index contributed by atoms with van der Waals surface area (Å²) in [7, 11) is 0. The summed E-state index contributed by atoms with van der Waals surface area (Å²) in [5.41, 5.74) is 0. The van der Waals surface area contributed by atoms with E-state index in [1.165, 1.54) is 0 Å². The number of ether oxygens (including phenoxy) is 1. The van der Waals surface area contributed by atoms with E-state index in [4.69, 9.17) is 11.6 Å². The Labute approximate surface area is 90.7 Å². The Morgan fingerprint density at radius 3 is 2.47 bits per heavy atom. The van der Waals surface area contributed by atoms with Crippen LogP contribution >= 0.6 is 11.6 Å². The fraction of sp³-hybridized carbons (Fsp3) is 0.778. The van der Waals surface area contributed by atoms with Gasteiger partial charge in [0, 0.05) is 18.8 Å². The molecule has 1 saturated carbocycles. The van der Waals surface area contributed by atoms with Gasteiger partial charge in [0.2, 0.25) is 5.92 Å². The van der Waals surface area contributed by atoms with Crippen LogP contribution in [-0.4, -0.2) is 29.7 Å². The van der Waals surface area contributed by atoms with Crippen molar-refractivity contribution in [1.29, 1.82) is 0 Å². The average Bonchev–Trinajstić information content (AvgIpc) is 2.12. The largest absolute Gasteiger partial charge is 0.465 e. The molecule has 0 aromatic heterocycles. The maximum Gasteiger partial charge on any atom is 0.331 e. The number of Topliss-reactive ketones (excluding diaryl/α,β-unsaturated/α-hetero) is 1. The van der Waals surface area contributed by atoms with Crippen LogP contribution in [0.2, 0.25) is 0 Å². The molecule has 1 atom stereocenters. The van der Waals surface area contributed by atoms with Crippen molar-refractivity contribution in [2.45, 2.75) is 31.1 Å². The first-order valence-electron chi connectivity index (χ1n) is 4.59. The number of hydrogen-bond donors (Lipinski definition) is 0. The first-order chi connectivity index (χ1) is 6.87. The lowest BCUT2D eigenvalue weighted by atomic mass is 9.77. The molecule has 86 valence electrons. The number of esters is 1. The Bertz CT molecular complexity index is 273. The molecule has 6 heteroatoms. The number of alkyl halides is 3. The molecular weight excluding hydrogens is 230 g/mol. The second-order valence-corrected chi connectivity index (χ2v) is 3.91. The van der Waals surface area contributed by atoms with Crippen molar-refractivity contribution in [3.63, 3.8) is 0 Å². The van der Waals surface area contributed by atoms with Gasteiger partial charge in [-0.25, -0.2) is 13.6 Å². The van der Waals surface area contributed by atoms with Crippen molar-refractivity contribution >= 4 is 23.4 Å². The third kappa shape index (κ3) is 2.87. The Morgan fingerprint density at radius 1 is 1.53 bits per heavy atom. The molecule has 0 aromatic carbocycles. The second-order valence-electron chi connectivity index (χ2n) is 3.48. The fourth-order valence-electron chi connectivity index (χ4n) is 1.40. The summed E-state index contributed by atoms with van der Waals surface area (Å²) in [4.78, 5) is 22.4. The Hall–Kier alpha value is -0.710. The summed E-state index contributed by atoms with van der Waals surface area (Å²) >= 11 is 5.49. The quantitative estimate of drug-likeness (QED) is 0.427. The van der Waals surface area contributed by atoms with Gasteiger partial charge in [0.1, 0.15) is 0 Å². The van der Waals surface area contributed by atoms with Crippen LogP contribution in [0, 0.1) is 5.92 Å². The Balaban J connectivity index is 2.45. The van der Waals surface area contributed by atoms with Crippen LogP contribution in [0.3, 0.4) is 0 Å². The minimum atomic E-state index is -2.79. The maximum atomic E-state index is 12.4. The number of carbonyl (C=O) groups excluding carboxylic acids is 2. The molecule has 0 bridgehead atoms. The van der Waals surface area contributed by atoms with Crippen LogP contribution < -0.4 is 0 Å². The molecule has 0 radical (unpaired) electrons. The molecule has 1 aliphatic rings. The number of ketones is 1. The highest BCUT2D eigenvalue weighted by atomic mass is 35.5. The molecule has 1 rings (SSSR count). The summed E-state index contributed by atoms with van der Waals surface area (Å²) in [5, 5.41) is -1.45. The summed E-state index contributed by atoms with van der Waals surface area (Å²) < 4.78 is 29.4. The van der Waals surface area contributed by atoms with Crippen molar-refractivity contribution in [1.82, 2.24) is 0 Å². The molecule has 0 spiro atoms. The minimum Gasteiger partial charge on any atom is -0.465 e. The molecule has 0 aliphatic heterocycles. The molecule has 0 heterocycles. The van der Waals surface area contributed by atoms with E-state index in [-0.39, 0.29) is 6.61 Å². The number of rotatable bonds is 4. The zero-order valence-corrected chi connectivity index (χ0v) is 8.89. The lowest BCUT2D eigenvalue weighted by Crippen LogP contribution is -2.44. The molecule has 0 amide bonds. The topological polar surface area (TPSA) is 43.4 Å². The lowest BCUT2D eigenvalue weighted by Gasteiger charge is -2.34. The number of hydrogen-bond acceptors (Lipinski definition) is 3. The highest BCUT2D eigenvalue weighted by Crippen LogP contribution is 2.43. The van der Waals surface area contributed by atoms with Gasteiger partial charge in [-0.2, -0.15) is 0 Å². The van der Waals surface area contributed by atoms with Gasteiger partial charge in [0.05, 0.1) is 6.61 Å². The molecule has 15 heavy (non-hydrogen) atoms. The third-order valence-corrected chi connectivity index (χ3v) is 2.63. The highest BCUT2D eigenvalue weighted by Gasteiger charge is 2.50. The van der Waals surface area contributed by atoms with Crippen molar-refractivity contribution in [3.05, 3.63) is 0 Å². The van der Waals surface area contributed by atoms with Gasteiger partial charge in [-0.3, -0.25) is 4.79 Å². The highest BCUT2D eigenvalue weighted by molar-refractivity contribution is 6.41. The molecule has 1 fully saturated rings. The summed E-state index contributed by atoms with van der Waals surface area (Å²) in [6.07, 6.45) is -1.04. The van der Waals surface area contributed by atoms with Crippen molar-refractivity contribution < 1.29 is 23.1 Å². The van der Waals surface area contributed by atoms with Gasteiger partial charge in [0.15, 0.2) is 11.2 Å². The molecule has 0 N–H and O–H groups in total. The zero-order chi connectivity index (χ0) is 11.6. The van der Waals surface area contributed by atoms with Gasteiger partial charge < -0.3 is 4.74 Å². The van der Waals surface area contributed by atoms with E-state index >= 15 is 0 Å². The van der Waals surface area contributed by atoms with E-state index < -0.39 is 41.8 Å². The molecular formula is C9H11ClF2O3. The van der Waals surface area contributed by atoms with E-state index in [0.29, 0.717) is 0 Å². The third-order valence-electron chi connectivity index (χ3n) is 2.24. The first-order valence-corrected chi connectivity index (χ1v) is 5.03. The van der Waals surface area contributed by atoms with Crippen LogP contribution in [0.4, 0.5) is 8.78 Å². The Kier molecular flexibility index (Phi) is 3.65. The normalized spacial score (nSPS) is 21.6. The molecule has 0 saturated heterocycles. The Morgan fingerprint density at radius 2 is 2.07 bits per heavy atom. The lowest BCUT2D eigenvalue weighted by molar-refractivity contribution is -0.155. The standard InChI is InChI=1S/C9H11ClF2O3/c1-2-15-8(14)6(10)7(13)5-3-9(11,12)4-5/h5-6H,2-4H2,1H3. The van der Waals surface area contributed by atoms with Crippen molar-refractivity contribution in [2.75, 3.05) is 6.61 Å². The number of halogens is 3. The van der Waals surface area contributed by atoms with Crippen LogP contribution in [-0.2, 0) is 14.3 Å². The summed E-state index contributed by atoms with van der Waals surface area (Å²) in [6, 6.07) is 0. The summed E-state index contributed by atoms with van der Waals surface area (Å²) in [6.45, 7) is 1.68. The summed E-state index contributed by atoms with van der Waals surface area (Å²) in [5.74, 6) is -5.13. The minimum absolute atomic E-state index is 0.107.